The van der Waals surface area contributed by atoms with Crippen LogP contribution in [0, 0.1) is 12.3 Å². The van der Waals surface area contributed by atoms with Crippen LogP contribution >= 0.6 is 11.8 Å². The summed E-state index contributed by atoms with van der Waals surface area (Å²) in [6, 6.07) is 7.36. The van der Waals surface area contributed by atoms with Gasteiger partial charge in [-0.2, -0.15) is 0 Å². The maximum atomic E-state index is 12.1. The first kappa shape index (κ1) is 14.3. The lowest BCUT2D eigenvalue weighted by molar-refractivity contribution is -0.121. The molecule has 1 heterocycles. The SMILES string of the molecule is Cc1ccc(NC(=O)[C@@H]2CC(=O)N=C(C(=N)N)S2)cc1. The molecule has 0 aromatic heterocycles. The highest BCUT2D eigenvalue weighted by Gasteiger charge is 2.30. The van der Waals surface area contributed by atoms with Crippen LogP contribution < -0.4 is 11.1 Å². The van der Waals surface area contributed by atoms with E-state index < -0.39 is 11.2 Å². The van der Waals surface area contributed by atoms with Crippen molar-refractivity contribution < 1.29 is 9.59 Å². The molecule has 2 amide bonds. The van der Waals surface area contributed by atoms with Gasteiger partial charge in [0.25, 0.3) is 0 Å². The lowest BCUT2D eigenvalue weighted by atomic mass is 10.2. The van der Waals surface area contributed by atoms with Crippen LogP contribution in [0.5, 0.6) is 0 Å². The molecule has 2 rings (SSSR count). The molecule has 7 heteroatoms. The number of carbonyl (C=O) groups is 2. The van der Waals surface area contributed by atoms with E-state index in [-0.39, 0.29) is 23.2 Å². The van der Waals surface area contributed by atoms with E-state index >= 15 is 0 Å². The monoisotopic (exact) mass is 290 g/mol. The molecule has 0 unspecified atom stereocenters. The molecule has 0 saturated carbocycles. The van der Waals surface area contributed by atoms with E-state index in [4.69, 9.17) is 11.1 Å². The van der Waals surface area contributed by atoms with Crippen LogP contribution in [0.25, 0.3) is 0 Å². The van der Waals surface area contributed by atoms with Gasteiger partial charge in [-0.25, -0.2) is 4.99 Å². The van der Waals surface area contributed by atoms with Gasteiger partial charge in [0.05, 0.1) is 11.7 Å². The fourth-order valence-corrected chi connectivity index (χ4v) is 2.59. The highest BCUT2D eigenvalue weighted by Crippen LogP contribution is 2.24. The molecule has 1 aromatic rings. The molecule has 0 aliphatic carbocycles. The lowest BCUT2D eigenvalue weighted by Gasteiger charge is -2.19. The number of aryl methyl sites for hydroxylation is 1. The maximum absolute atomic E-state index is 12.1. The van der Waals surface area contributed by atoms with Crippen molar-refractivity contribution in [3.63, 3.8) is 0 Å². The van der Waals surface area contributed by atoms with Gasteiger partial charge in [-0.05, 0) is 19.1 Å². The molecular formula is C13H14N4O2S. The van der Waals surface area contributed by atoms with Crippen molar-refractivity contribution in [2.24, 2.45) is 10.7 Å². The van der Waals surface area contributed by atoms with Gasteiger partial charge in [-0.1, -0.05) is 29.5 Å². The molecule has 0 radical (unpaired) electrons. The Balaban J connectivity index is 2.06. The van der Waals surface area contributed by atoms with E-state index in [1.807, 2.05) is 19.1 Å². The predicted octanol–water partition coefficient (Wildman–Crippen LogP) is 1.30. The molecule has 0 spiro atoms. The molecule has 0 fully saturated rings. The Morgan fingerprint density at radius 2 is 2.10 bits per heavy atom. The summed E-state index contributed by atoms with van der Waals surface area (Å²) in [5, 5.41) is 9.53. The molecule has 6 nitrogen and oxygen atoms in total. The number of amides is 2. The molecule has 20 heavy (non-hydrogen) atoms. The van der Waals surface area contributed by atoms with E-state index in [0.29, 0.717) is 5.69 Å². The minimum Gasteiger partial charge on any atom is -0.382 e. The van der Waals surface area contributed by atoms with Crippen molar-refractivity contribution in [3.8, 4) is 0 Å². The summed E-state index contributed by atoms with van der Waals surface area (Å²) in [6.07, 6.45) is 0.0130. The van der Waals surface area contributed by atoms with Gasteiger partial charge in [-0.3, -0.25) is 15.0 Å². The Morgan fingerprint density at radius 1 is 1.45 bits per heavy atom. The Bertz CT molecular complexity index is 595. The van der Waals surface area contributed by atoms with Crippen LogP contribution in [0.2, 0.25) is 0 Å². The first-order chi connectivity index (χ1) is 9.45. The number of nitrogens with zero attached hydrogens (tertiary/aromatic N) is 1. The highest BCUT2D eigenvalue weighted by molar-refractivity contribution is 8.16. The molecule has 1 aliphatic rings. The first-order valence-corrected chi connectivity index (χ1v) is 6.84. The average Bonchev–Trinajstić information content (AvgIpc) is 2.40. The number of aliphatic imine (C=N–C) groups is 1. The fourth-order valence-electron chi connectivity index (χ4n) is 1.65. The van der Waals surface area contributed by atoms with Crippen LogP contribution in [0.4, 0.5) is 5.69 Å². The lowest BCUT2D eigenvalue weighted by Crippen LogP contribution is -2.34. The third-order valence-corrected chi connectivity index (χ3v) is 3.88. The molecule has 4 N–H and O–H groups in total. The van der Waals surface area contributed by atoms with Gasteiger partial charge >= 0.3 is 0 Å². The number of nitrogens with one attached hydrogen (secondary N) is 2. The van der Waals surface area contributed by atoms with Crippen LogP contribution in [-0.4, -0.2) is 27.9 Å². The summed E-state index contributed by atoms with van der Waals surface area (Å²) in [6.45, 7) is 1.96. The number of amidine groups is 1. The molecule has 1 aromatic carbocycles. The standard InChI is InChI=1S/C13H14N4O2S/c1-7-2-4-8(5-3-7)16-12(19)9-6-10(18)17-13(20-9)11(14)15/h2-5,9H,6H2,1H3,(H3,14,15)(H,16,19)/t9-/m0/s1. The Kier molecular flexibility index (Phi) is 4.19. The number of hydrogen-bond donors (Lipinski definition) is 3. The normalized spacial score (nSPS) is 18.4. The summed E-state index contributed by atoms with van der Waals surface area (Å²) in [5.41, 5.74) is 7.07. The van der Waals surface area contributed by atoms with Crippen LogP contribution in [-0.2, 0) is 9.59 Å². The number of benzene rings is 1. The summed E-state index contributed by atoms with van der Waals surface area (Å²) in [4.78, 5) is 27.2. The van der Waals surface area contributed by atoms with E-state index in [1.54, 1.807) is 12.1 Å². The Morgan fingerprint density at radius 3 is 2.70 bits per heavy atom. The predicted molar refractivity (Wildman–Crippen MR) is 80.2 cm³/mol. The quantitative estimate of drug-likeness (QED) is 0.576. The second-order valence-electron chi connectivity index (χ2n) is 4.39. The third-order valence-electron chi connectivity index (χ3n) is 2.68. The van der Waals surface area contributed by atoms with E-state index in [0.717, 1.165) is 17.3 Å². The van der Waals surface area contributed by atoms with Gasteiger partial charge in [0, 0.05) is 5.69 Å². The van der Waals surface area contributed by atoms with Crippen molar-refractivity contribution >= 4 is 40.1 Å². The molecule has 0 saturated heterocycles. The Labute approximate surface area is 120 Å². The van der Waals surface area contributed by atoms with Crippen molar-refractivity contribution in [1.29, 1.82) is 5.41 Å². The van der Waals surface area contributed by atoms with Gasteiger partial charge < -0.3 is 11.1 Å². The highest BCUT2D eigenvalue weighted by atomic mass is 32.2. The molecule has 1 aliphatic heterocycles. The molecule has 104 valence electrons. The van der Waals surface area contributed by atoms with Crippen molar-refractivity contribution in [3.05, 3.63) is 29.8 Å². The van der Waals surface area contributed by atoms with E-state index in [1.165, 1.54) is 0 Å². The van der Waals surface area contributed by atoms with Gasteiger partial charge in [0.2, 0.25) is 11.8 Å². The van der Waals surface area contributed by atoms with Crippen molar-refractivity contribution in [2.45, 2.75) is 18.6 Å². The molecular weight excluding hydrogens is 276 g/mol. The number of anilines is 1. The topological polar surface area (TPSA) is 108 Å². The van der Waals surface area contributed by atoms with Gasteiger partial charge in [0.15, 0.2) is 0 Å². The molecule has 0 bridgehead atoms. The van der Waals surface area contributed by atoms with E-state index in [2.05, 4.69) is 10.3 Å². The second-order valence-corrected chi connectivity index (χ2v) is 5.58. The number of thioether (sulfide) groups is 1. The maximum Gasteiger partial charge on any atom is 0.248 e. The zero-order valence-corrected chi connectivity index (χ0v) is 11.7. The van der Waals surface area contributed by atoms with Crippen LogP contribution in [0.1, 0.15) is 12.0 Å². The largest absolute Gasteiger partial charge is 0.382 e. The third kappa shape index (κ3) is 3.45. The number of hydrogen-bond acceptors (Lipinski definition) is 4. The number of nitrogens with two attached hydrogens (primary N) is 1. The summed E-state index contributed by atoms with van der Waals surface area (Å²) in [5.74, 6) is -1.02. The van der Waals surface area contributed by atoms with Crippen LogP contribution in [0.3, 0.4) is 0 Å². The average molecular weight is 290 g/mol. The minimum absolute atomic E-state index is 0.0130. The zero-order chi connectivity index (χ0) is 14.7. The second kappa shape index (κ2) is 5.87. The summed E-state index contributed by atoms with van der Waals surface area (Å²) < 4.78 is 0. The smallest absolute Gasteiger partial charge is 0.248 e. The fraction of sp³-hybridized carbons (Fsp3) is 0.231. The van der Waals surface area contributed by atoms with Crippen LogP contribution in [0.15, 0.2) is 29.3 Å². The minimum atomic E-state index is -0.611. The van der Waals surface area contributed by atoms with E-state index in [9.17, 15) is 9.59 Å². The summed E-state index contributed by atoms with van der Waals surface area (Å²) in [7, 11) is 0. The number of carbonyl (C=O) groups excluding carboxylic acids is 2. The Hall–Kier alpha value is -2.15. The van der Waals surface area contributed by atoms with Gasteiger partial charge in [-0.15, -0.1) is 0 Å². The van der Waals surface area contributed by atoms with Crippen molar-refractivity contribution in [2.75, 3.05) is 5.32 Å². The molecule has 1 atom stereocenters. The van der Waals surface area contributed by atoms with Gasteiger partial charge in [0.1, 0.15) is 10.9 Å². The zero-order valence-electron chi connectivity index (χ0n) is 10.8. The summed E-state index contributed by atoms with van der Waals surface area (Å²) >= 11 is 1.04. The number of rotatable bonds is 3. The first-order valence-electron chi connectivity index (χ1n) is 5.96. The van der Waals surface area contributed by atoms with Crippen molar-refractivity contribution in [1.82, 2.24) is 0 Å².